The second-order valence-corrected chi connectivity index (χ2v) is 5.21. The predicted octanol–water partition coefficient (Wildman–Crippen LogP) is 2.55. The second-order valence-electron chi connectivity index (χ2n) is 4.77. The van der Waals surface area contributed by atoms with E-state index >= 15 is 0 Å². The molecule has 4 N–H and O–H groups in total. The number of H-pyrrole nitrogens is 1. The van der Waals surface area contributed by atoms with Gasteiger partial charge in [-0.25, -0.2) is 9.97 Å². The summed E-state index contributed by atoms with van der Waals surface area (Å²) < 4.78 is 0. The van der Waals surface area contributed by atoms with Gasteiger partial charge in [0.25, 0.3) is 0 Å². The fraction of sp³-hybridized carbons (Fsp3) is 0.214. The van der Waals surface area contributed by atoms with Crippen LogP contribution >= 0.6 is 11.6 Å². The summed E-state index contributed by atoms with van der Waals surface area (Å²) in [5, 5.41) is 3.91. The molecular formula is C14H15ClN6. The zero-order valence-electron chi connectivity index (χ0n) is 11.5. The Labute approximate surface area is 126 Å². The molecule has 1 aromatic carbocycles. The fourth-order valence-electron chi connectivity index (χ4n) is 2.14. The number of hydrogen-bond donors (Lipinski definition) is 3. The van der Waals surface area contributed by atoms with Crippen molar-refractivity contribution in [2.24, 2.45) is 0 Å². The standard InChI is InChI=1S/C14H15ClN6/c1-8-6-13(21-14(16)18-8)17-5-4-12-19-10-3-2-9(15)7-11(10)20-12/h2-3,6-7H,4-5H2,1H3,(H,19,20)(H3,16,17,18,21). The van der Waals surface area contributed by atoms with Crippen molar-refractivity contribution in [1.29, 1.82) is 0 Å². The average Bonchev–Trinajstić information content (AvgIpc) is 2.79. The Morgan fingerprint density at radius 1 is 1.24 bits per heavy atom. The first kappa shape index (κ1) is 13.6. The maximum Gasteiger partial charge on any atom is 0.222 e. The summed E-state index contributed by atoms with van der Waals surface area (Å²) in [6.45, 7) is 2.58. The zero-order chi connectivity index (χ0) is 14.8. The summed E-state index contributed by atoms with van der Waals surface area (Å²) in [5.74, 6) is 1.90. The Hall–Kier alpha value is -2.34. The molecule has 0 aliphatic rings. The molecule has 3 aromatic rings. The van der Waals surface area contributed by atoms with Crippen LogP contribution in [0.3, 0.4) is 0 Å². The maximum atomic E-state index is 5.96. The SMILES string of the molecule is Cc1cc(NCCc2nc3ccc(Cl)cc3[nH]2)nc(N)n1. The number of benzene rings is 1. The number of imidazole rings is 1. The third-order valence-corrected chi connectivity index (χ3v) is 3.27. The van der Waals surface area contributed by atoms with E-state index in [1.165, 1.54) is 0 Å². The van der Waals surface area contributed by atoms with Crippen molar-refractivity contribution in [1.82, 2.24) is 19.9 Å². The van der Waals surface area contributed by atoms with Crippen LogP contribution in [-0.2, 0) is 6.42 Å². The number of fused-ring (bicyclic) bond motifs is 1. The number of rotatable bonds is 4. The lowest BCUT2D eigenvalue weighted by Crippen LogP contribution is -2.09. The third kappa shape index (κ3) is 3.22. The lowest BCUT2D eigenvalue weighted by molar-refractivity contribution is 0.926. The van der Waals surface area contributed by atoms with Crippen LogP contribution in [0, 0.1) is 6.92 Å². The van der Waals surface area contributed by atoms with Crippen molar-refractivity contribution >= 4 is 34.4 Å². The monoisotopic (exact) mass is 302 g/mol. The number of nitrogens with one attached hydrogen (secondary N) is 2. The Kier molecular flexibility index (Phi) is 3.62. The lowest BCUT2D eigenvalue weighted by atomic mass is 10.3. The van der Waals surface area contributed by atoms with Crippen molar-refractivity contribution in [3.63, 3.8) is 0 Å². The minimum absolute atomic E-state index is 0.274. The van der Waals surface area contributed by atoms with Gasteiger partial charge in [-0.15, -0.1) is 0 Å². The third-order valence-electron chi connectivity index (χ3n) is 3.03. The highest BCUT2D eigenvalue weighted by Crippen LogP contribution is 2.17. The number of hydrogen-bond acceptors (Lipinski definition) is 5. The summed E-state index contributed by atoms with van der Waals surface area (Å²) in [7, 11) is 0. The highest BCUT2D eigenvalue weighted by atomic mass is 35.5. The van der Waals surface area contributed by atoms with Gasteiger partial charge in [-0.05, 0) is 25.1 Å². The first-order valence-electron chi connectivity index (χ1n) is 6.59. The number of aromatic amines is 1. The number of halogens is 1. The molecule has 0 spiro atoms. The van der Waals surface area contributed by atoms with Crippen LogP contribution in [0.5, 0.6) is 0 Å². The zero-order valence-corrected chi connectivity index (χ0v) is 12.3. The molecule has 0 fully saturated rings. The number of nitrogens with zero attached hydrogens (tertiary/aromatic N) is 3. The summed E-state index contributed by atoms with van der Waals surface area (Å²) in [6.07, 6.45) is 0.745. The van der Waals surface area contributed by atoms with Crippen LogP contribution in [0.2, 0.25) is 5.02 Å². The van der Waals surface area contributed by atoms with Gasteiger partial charge in [0, 0.05) is 29.7 Å². The fourth-order valence-corrected chi connectivity index (χ4v) is 2.32. The predicted molar refractivity (Wildman–Crippen MR) is 84.5 cm³/mol. The van der Waals surface area contributed by atoms with Gasteiger partial charge in [0.15, 0.2) is 0 Å². The van der Waals surface area contributed by atoms with E-state index in [-0.39, 0.29) is 5.95 Å². The first-order chi connectivity index (χ1) is 10.1. The van der Waals surface area contributed by atoms with Gasteiger partial charge in [-0.1, -0.05) is 11.6 Å². The summed E-state index contributed by atoms with van der Waals surface area (Å²) in [4.78, 5) is 15.9. The summed E-state index contributed by atoms with van der Waals surface area (Å²) in [5.41, 5.74) is 8.31. The molecule has 6 nitrogen and oxygen atoms in total. The van der Waals surface area contributed by atoms with Gasteiger partial charge in [0.1, 0.15) is 11.6 Å². The van der Waals surface area contributed by atoms with Crippen molar-refractivity contribution < 1.29 is 0 Å². The maximum absolute atomic E-state index is 5.96. The molecule has 2 heterocycles. The van der Waals surface area contributed by atoms with E-state index in [1.54, 1.807) is 0 Å². The quantitative estimate of drug-likeness (QED) is 0.689. The van der Waals surface area contributed by atoms with E-state index in [0.29, 0.717) is 11.6 Å². The van der Waals surface area contributed by atoms with Crippen LogP contribution in [-0.4, -0.2) is 26.5 Å². The molecule has 0 aliphatic carbocycles. The van der Waals surface area contributed by atoms with Crippen molar-refractivity contribution in [2.45, 2.75) is 13.3 Å². The van der Waals surface area contributed by atoms with Gasteiger partial charge in [0.2, 0.25) is 5.95 Å². The Morgan fingerprint density at radius 2 is 2.10 bits per heavy atom. The molecule has 2 aromatic heterocycles. The van der Waals surface area contributed by atoms with Crippen LogP contribution in [0.1, 0.15) is 11.5 Å². The van der Waals surface area contributed by atoms with E-state index in [9.17, 15) is 0 Å². The van der Waals surface area contributed by atoms with Gasteiger partial charge in [0.05, 0.1) is 11.0 Å². The number of nitrogens with two attached hydrogens (primary N) is 1. The molecule has 0 unspecified atom stereocenters. The molecule has 0 saturated carbocycles. The lowest BCUT2D eigenvalue weighted by Gasteiger charge is -2.05. The van der Waals surface area contributed by atoms with Crippen molar-refractivity contribution in [2.75, 3.05) is 17.6 Å². The smallest absolute Gasteiger partial charge is 0.222 e. The number of aryl methyl sites for hydroxylation is 1. The van der Waals surface area contributed by atoms with Gasteiger partial charge in [-0.2, -0.15) is 4.98 Å². The Balaban J connectivity index is 1.66. The Morgan fingerprint density at radius 3 is 2.90 bits per heavy atom. The molecule has 0 bridgehead atoms. The summed E-state index contributed by atoms with van der Waals surface area (Å²) >= 11 is 5.96. The molecular weight excluding hydrogens is 288 g/mol. The summed E-state index contributed by atoms with van der Waals surface area (Å²) in [6, 6.07) is 7.46. The van der Waals surface area contributed by atoms with Crippen molar-refractivity contribution in [3.8, 4) is 0 Å². The minimum atomic E-state index is 0.274. The largest absolute Gasteiger partial charge is 0.369 e. The van der Waals surface area contributed by atoms with Crippen LogP contribution in [0.15, 0.2) is 24.3 Å². The molecule has 0 amide bonds. The topological polar surface area (TPSA) is 92.5 Å². The van der Waals surface area contributed by atoms with E-state index in [2.05, 4.69) is 25.3 Å². The molecule has 108 valence electrons. The van der Waals surface area contributed by atoms with Crippen LogP contribution < -0.4 is 11.1 Å². The highest BCUT2D eigenvalue weighted by molar-refractivity contribution is 6.31. The van der Waals surface area contributed by atoms with E-state index < -0.39 is 0 Å². The number of anilines is 2. The molecule has 21 heavy (non-hydrogen) atoms. The van der Waals surface area contributed by atoms with Crippen LogP contribution in [0.4, 0.5) is 11.8 Å². The van der Waals surface area contributed by atoms with Gasteiger partial charge in [-0.3, -0.25) is 0 Å². The van der Waals surface area contributed by atoms with E-state index in [1.807, 2.05) is 31.2 Å². The van der Waals surface area contributed by atoms with Gasteiger partial charge < -0.3 is 16.0 Å². The van der Waals surface area contributed by atoms with Crippen molar-refractivity contribution in [3.05, 3.63) is 40.8 Å². The van der Waals surface area contributed by atoms with E-state index in [0.717, 1.165) is 34.8 Å². The number of nitrogen functional groups attached to an aromatic ring is 1. The minimum Gasteiger partial charge on any atom is -0.369 e. The Bertz CT molecular complexity index is 762. The van der Waals surface area contributed by atoms with Crippen LogP contribution in [0.25, 0.3) is 11.0 Å². The average molecular weight is 303 g/mol. The molecule has 0 atom stereocenters. The molecule has 0 saturated heterocycles. The van der Waals surface area contributed by atoms with Gasteiger partial charge >= 0.3 is 0 Å². The highest BCUT2D eigenvalue weighted by Gasteiger charge is 2.04. The normalized spacial score (nSPS) is 11.0. The molecule has 0 aliphatic heterocycles. The molecule has 3 rings (SSSR count). The number of aromatic nitrogens is 4. The second kappa shape index (κ2) is 5.57. The van der Waals surface area contributed by atoms with E-state index in [4.69, 9.17) is 17.3 Å². The molecule has 0 radical (unpaired) electrons. The molecule has 7 heteroatoms. The first-order valence-corrected chi connectivity index (χ1v) is 6.97.